The zero-order valence-electron chi connectivity index (χ0n) is 17.6. The quantitative estimate of drug-likeness (QED) is 0.435. The molecule has 1 fully saturated rings. The molecule has 174 valence electrons. The molecule has 6 nitrogen and oxygen atoms in total. The van der Waals surface area contributed by atoms with Crippen LogP contribution in [-0.2, 0) is 6.18 Å². The molecule has 0 radical (unpaired) electrons. The van der Waals surface area contributed by atoms with Crippen molar-refractivity contribution in [1.29, 1.82) is 0 Å². The van der Waals surface area contributed by atoms with Crippen molar-refractivity contribution in [3.05, 3.63) is 64.9 Å². The normalized spacial score (nSPS) is 18.7. The predicted molar refractivity (Wildman–Crippen MR) is 120 cm³/mol. The fourth-order valence-electron chi connectivity index (χ4n) is 3.98. The number of benzene rings is 1. The van der Waals surface area contributed by atoms with Crippen molar-refractivity contribution in [3.63, 3.8) is 0 Å². The number of carbonyl (C=O) groups is 1. The van der Waals surface area contributed by atoms with Crippen molar-refractivity contribution in [3.8, 4) is 11.3 Å². The minimum absolute atomic E-state index is 0.00333. The number of aromatic nitrogens is 3. The number of rotatable bonds is 6. The van der Waals surface area contributed by atoms with Gasteiger partial charge in [0.1, 0.15) is 5.82 Å². The number of hydrogen-bond acceptors (Lipinski definition) is 4. The van der Waals surface area contributed by atoms with Crippen molar-refractivity contribution in [2.75, 3.05) is 11.9 Å². The Morgan fingerprint density at radius 2 is 1.94 bits per heavy atom. The van der Waals surface area contributed by atoms with E-state index in [4.69, 9.17) is 11.6 Å². The lowest BCUT2D eigenvalue weighted by molar-refractivity contribution is -0.137. The monoisotopic (exact) mass is 477 g/mol. The highest BCUT2D eigenvalue weighted by molar-refractivity contribution is 6.33. The SMILES string of the molecule is O=C(NC1CCC(CNc2cc(-c3cccnc3)n[nH]2)CC1)c1cc(C(F)(F)F)ccc1Cl. The lowest BCUT2D eigenvalue weighted by atomic mass is 9.86. The number of carbonyl (C=O) groups excluding carboxylic acids is 1. The molecule has 2 heterocycles. The van der Waals surface area contributed by atoms with Gasteiger partial charge in [-0.1, -0.05) is 11.6 Å². The first-order valence-corrected chi connectivity index (χ1v) is 11.0. The molecule has 0 spiro atoms. The summed E-state index contributed by atoms with van der Waals surface area (Å²) in [5, 5.41) is 13.5. The Hall–Kier alpha value is -3.07. The first-order valence-electron chi connectivity index (χ1n) is 10.7. The Morgan fingerprint density at radius 3 is 2.64 bits per heavy atom. The van der Waals surface area contributed by atoms with Crippen LogP contribution in [0.15, 0.2) is 48.8 Å². The zero-order valence-corrected chi connectivity index (χ0v) is 18.4. The second-order valence-electron chi connectivity index (χ2n) is 8.17. The number of nitrogens with one attached hydrogen (secondary N) is 3. The molecule has 3 N–H and O–H groups in total. The van der Waals surface area contributed by atoms with E-state index < -0.39 is 17.6 Å². The first kappa shape index (κ1) is 23.1. The summed E-state index contributed by atoms with van der Waals surface area (Å²) in [5.74, 6) is 0.664. The number of pyridine rings is 1. The highest BCUT2D eigenvalue weighted by atomic mass is 35.5. The largest absolute Gasteiger partial charge is 0.416 e. The molecule has 1 aliphatic carbocycles. The van der Waals surface area contributed by atoms with E-state index in [-0.39, 0.29) is 16.6 Å². The fraction of sp³-hybridized carbons (Fsp3) is 0.348. The molecular formula is C23H23ClF3N5O. The number of nitrogens with zero attached hydrogens (tertiary/aromatic N) is 2. The summed E-state index contributed by atoms with van der Waals surface area (Å²) in [5.41, 5.74) is 0.695. The second-order valence-corrected chi connectivity index (χ2v) is 8.58. The maximum absolute atomic E-state index is 13.0. The molecule has 33 heavy (non-hydrogen) atoms. The third-order valence-electron chi connectivity index (χ3n) is 5.84. The van der Waals surface area contributed by atoms with Crippen LogP contribution in [-0.4, -0.2) is 33.7 Å². The van der Waals surface area contributed by atoms with Gasteiger partial charge >= 0.3 is 6.18 Å². The number of H-pyrrole nitrogens is 1. The predicted octanol–water partition coefficient (Wildman–Crippen LogP) is 5.54. The topological polar surface area (TPSA) is 82.7 Å². The van der Waals surface area contributed by atoms with Crippen molar-refractivity contribution >= 4 is 23.3 Å². The van der Waals surface area contributed by atoms with Crippen LogP contribution in [0, 0.1) is 5.92 Å². The number of alkyl halides is 3. The molecule has 3 aromatic rings. The van der Waals surface area contributed by atoms with Gasteiger partial charge in [0.15, 0.2) is 0 Å². The van der Waals surface area contributed by atoms with Crippen LogP contribution in [0.3, 0.4) is 0 Å². The molecule has 0 bridgehead atoms. The Bertz CT molecular complexity index is 1090. The van der Waals surface area contributed by atoms with Gasteiger partial charge in [0.2, 0.25) is 0 Å². The number of halogens is 4. The number of aromatic amines is 1. The highest BCUT2D eigenvalue weighted by Crippen LogP contribution is 2.32. The van der Waals surface area contributed by atoms with Gasteiger partial charge in [-0.05, 0) is 61.9 Å². The van der Waals surface area contributed by atoms with Gasteiger partial charge < -0.3 is 10.6 Å². The molecule has 4 rings (SSSR count). The molecule has 0 aliphatic heterocycles. The number of amides is 1. The molecule has 2 aromatic heterocycles. The maximum Gasteiger partial charge on any atom is 0.416 e. The number of hydrogen-bond donors (Lipinski definition) is 3. The minimum atomic E-state index is -4.53. The molecule has 10 heteroatoms. The summed E-state index contributed by atoms with van der Waals surface area (Å²) in [4.78, 5) is 16.6. The van der Waals surface area contributed by atoms with Crippen LogP contribution in [0.2, 0.25) is 5.02 Å². The zero-order chi connectivity index (χ0) is 23.4. The molecule has 1 aliphatic rings. The summed E-state index contributed by atoms with van der Waals surface area (Å²) >= 11 is 5.97. The Morgan fingerprint density at radius 1 is 1.15 bits per heavy atom. The third kappa shape index (κ3) is 5.84. The Labute approximate surface area is 194 Å². The summed E-state index contributed by atoms with van der Waals surface area (Å²) < 4.78 is 38.9. The summed E-state index contributed by atoms with van der Waals surface area (Å²) in [6, 6.07) is 8.42. The van der Waals surface area contributed by atoms with Crippen molar-refractivity contribution in [2.45, 2.75) is 37.9 Å². The van der Waals surface area contributed by atoms with E-state index in [0.29, 0.717) is 5.92 Å². The van der Waals surface area contributed by atoms with Crippen LogP contribution >= 0.6 is 11.6 Å². The maximum atomic E-state index is 13.0. The Balaban J connectivity index is 1.26. The van der Waals surface area contributed by atoms with Crippen molar-refractivity contribution in [1.82, 2.24) is 20.5 Å². The minimum Gasteiger partial charge on any atom is -0.370 e. The lowest BCUT2D eigenvalue weighted by Crippen LogP contribution is -2.38. The van der Waals surface area contributed by atoms with E-state index in [2.05, 4.69) is 25.8 Å². The van der Waals surface area contributed by atoms with Crippen molar-refractivity contribution < 1.29 is 18.0 Å². The van der Waals surface area contributed by atoms with E-state index in [9.17, 15) is 18.0 Å². The van der Waals surface area contributed by atoms with Crippen LogP contribution in [0.5, 0.6) is 0 Å². The lowest BCUT2D eigenvalue weighted by Gasteiger charge is -2.29. The van der Waals surface area contributed by atoms with E-state index in [0.717, 1.165) is 67.5 Å². The molecular weight excluding hydrogens is 455 g/mol. The van der Waals surface area contributed by atoms with Gasteiger partial charge in [0, 0.05) is 36.6 Å². The van der Waals surface area contributed by atoms with Gasteiger partial charge in [-0.3, -0.25) is 14.9 Å². The van der Waals surface area contributed by atoms with Crippen LogP contribution in [0.25, 0.3) is 11.3 Å². The molecule has 0 unspecified atom stereocenters. The summed E-state index contributed by atoms with van der Waals surface area (Å²) in [7, 11) is 0. The van der Waals surface area contributed by atoms with E-state index in [1.807, 2.05) is 18.2 Å². The summed E-state index contributed by atoms with van der Waals surface area (Å²) in [6.07, 6.45) is 2.20. The molecule has 1 amide bonds. The average molecular weight is 478 g/mol. The highest BCUT2D eigenvalue weighted by Gasteiger charge is 2.32. The average Bonchev–Trinajstić information content (AvgIpc) is 3.28. The van der Waals surface area contributed by atoms with Crippen LogP contribution < -0.4 is 10.6 Å². The van der Waals surface area contributed by atoms with E-state index >= 15 is 0 Å². The smallest absolute Gasteiger partial charge is 0.370 e. The van der Waals surface area contributed by atoms with Crippen LogP contribution in [0.4, 0.5) is 19.0 Å². The van der Waals surface area contributed by atoms with Gasteiger partial charge in [-0.25, -0.2) is 0 Å². The third-order valence-corrected chi connectivity index (χ3v) is 6.17. The molecule has 1 saturated carbocycles. The van der Waals surface area contributed by atoms with Gasteiger partial charge in [-0.2, -0.15) is 18.3 Å². The fourth-order valence-corrected chi connectivity index (χ4v) is 4.18. The molecule has 0 atom stereocenters. The first-order chi connectivity index (χ1) is 15.8. The van der Waals surface area contributed by atoms with Gasteiger partial charge in [0.25, 0.3) is 5.91 Å². The van der Waals surface area contributed by atoms with Crippen molar-refractivity contribution in [2.24, 2.45) is 5.92 Å². The van der Waals surface area contributed by atoms with Crippen LogP contribution in [0.1, 0.15) is 41.6 Å². The second kappa shape index (κ2) is 9.82. The standard InChI is InChI=1S/C23H23ClF3N5O/c24-19-8-5-16(23(25,26)27)10-18(19)22(33)30-17-6-3-14(4-7-17)12-29-21-11-20(31-32-21)15-2-1-9-28-13-15/h1-2,5,8-11,13-14,17H,3-4,6-7,12H2,(H,30,33)(H2,29,31,32). The Kier molecular flexibility index (Phi) is 6.88. The summed E-state index contributed by atoms with van der Waals surface area (Å²) in [6.45, 7) is 0.759. The van der Waals surface area contributed by atoms with E-state index in [1.165, 1.54) is 0 Å². The molecule has 1 aromatic carbocycles. The molecule has 0 saturated heterocycles. The van der Waals surface area contributed by atoms with Gasteiger partial charge in [0.05, 0.1) is 21.8 Å². The van der Waals surface area contributed by atoms with E-state index in [1.54, 1.807) is 12.4 Å². The number of anilines is 1. The van der Waals surface area contributed by atoms with Gasteiger partial charge in [-0.15, -0.1) is 0 Å².